The minimum Gasteiger partial charge on any atom is -1.00 e. The van der Waals surface area contributed by atoms with Gasteiger partial charge < -0.3 is 16.7 Å². The summed E-state index contributed by atoms with van der Waals surface area (Å²) in [5.41, 5.74) is 1.32. The molecule has 1 heterocycles. The number of carboxylic acids is 1. The van der Waals surface area contributed by atoms with Gasteiger partial charge in [0.1, 0.15) is 6.04 Å². The van der Waals surface area contributed by atoms with Crippen LogP contribution in [-0.2, 0) is 14.8 Å². The molecule has 3 rings (SSSR count). The summed E-state index contributed by atoms with van der Waals surface area (Å²) >= 11 is 1.50. The zero-order valence-corrected chi connectivity index (χ0v) is 24.1. The van der Waals surface area contributed by atoms with Gasteiger partial charge in [-0.3, -0.25) is 4.79 Å². The molecule has 0 saturated carbocycles. The number of carbonyl (C=O) groups excluding carboxylic acids is 1. The Morgan fingerprint density at radius 2 is 1.92 bits per heavy atom. The van der Waals surface area contributed by atoms with Gasteiger partial charge in [-0.25, -0.2) is 17.9 Å². The maximum absolute atomic E-state index is 13.1. The number of thioether (sulfide) groups is 1. The molecule has 0 aliphatic carbocycles. The summed E-state index contributed by atoms with van der Waals surface area (Å²) in [5.74, 6) is -1.08. The minimum absolute atomic E-state index is 0. The number of amides is 1. The van der Waals surface area contributed by atoms with Crippen LogP contribution in [0, 0.1) is 0 Å². The number of piperidine rings is 1. The maximum atomic E-state index is 13.1. The molecule has 2 atom stereocenters. The number of aliphatic carboxylic acids is 1. The van der Waals surface area contributed by atoms with E-state index >= 15 is 0 Å². The van der Waals surface area contributed by atoms with Crippen LogP contribution in [0.25, 0.3) is 11.1 Å². The summed E-state index contributed by atoms with van der Waals surface area (Å²) in [6, 6.07) is 12.8. The largest absolute Gasteiger partial charge is 1.00 e. The standard InChI is InChI=1S/C27H37N3O5S2.Li.H/c1-20-9-6-7-16-30(20)17-8-15-28-37(34,35)22-12-13-23(24(19-22)21-10-4-3-5-11-21)26(31)29-25(27(32)33)14-18-36-2;;/h3-5,10-13,19-20,25,28H,6-9,14-18H2,1-2H3,(H,29,31)(H,32,33);;/q;+1;-1. The molecule has 2 unspecified atom stereocenters. The van der Waals surface area contributed by atoms with Crippen LogP contribution < -0.4 is 28.9 Å². The zero-order chi connectivity index (χ0) is 26.8. The molecule has 0 bridgehead atoms. The van der Waals surface area contributed by atoms with E-state index in [1.165, 1.54) is 49.2 Å². The Morgan fingerprint density at radius 1 is 1.18 bits per heavy atom. The van der Waals surface area contributed by atoms with Crippen molar-refractivity contribution in [3.63, 3.8) is 0 Å². The van der Waals surface area contributed by atoms with Crippen LogP contribution in [0.15, 0.2) is 53.4 Å². The molecule has 38 heavy (non-hydrogen) atoms. The fourth-order valence-electron chi connectivity index (χ4n) is 4.54. The summed E-state index contributed by atoms with van der Waals surface area (Å²) < 4.78 is 28.9. The second-order valence-electron chi connectivity index (χ2n) is 9.35. The Balaban J connectivity index is 0.00000380. The van der Waals surface area contributed by atoms with Gasteiger partial charge in [0, 0.05) is 18.2 Å². The van der Waals surface area contributed by atoms with Crippen LogP contribution >= 0.6 is 11.8 Å². The van der Waals surface area contributed by atoms with Gasteiger partial charge in [0.05, 0.1) is 4.90 Å². The van der Waals surface area contributed by atoms with Crippen LogP contribution in [0.5, 0.6) is 0 Å². The van der Waals surface area contributed by atoms with E-state index in [2.05, 4.69) is 21.9 Å². The van der Waals surface area contributed by atoms with Crippen LogP contribution in [0.1, 0.15) is 50.8 Å². The molecule has 0 radical (unpaired) electrons. The first-order chi connectivity index (χ1) is 17.7. The number of carbonyl (C=O) groups is 2. The van der Waals surface area contributed by atoms with E-state index in [0.29, 0.717) is 35.9 Å². The first-order valence-corrected chi connectivity index (χ1v) is 15.6. The number of nitrogens with zero attached hydrogens (tertiary/aromatic N) is 1. The Kier molecular flexibility index (Phi) is 13.4. The number of hydrogen-bond acceptors (Lipinski definition) is 6. The predicted octanol–water partition coefficient (Wildman–Crippen LogP) is 0.949. The van der Waals surface area contributed by atoms with Crippen LogP contribution in [0.2, 0.25) is 0 Å². The Morgan fingerprint density at radius 3 is 2.58 bits per heavy atom. The van der Waals surface area contributed by atoms with Gasteiger partial charge in [-0.05, 0) is 87.0 Å². The summed E-state index contributed by atoms with van der Waals surface area (Å²) in [6.45, 7) is 4.44. The van der Waals surface area contributed by atoms with Gasteiger partial charge in [0.25, 0.3) is 5.91 Å². The average molecular weight is 556 g/mol. The van der Waals surface area contributed by atoms with E-state index in [0.717, 1.165) is 13.1 Å². The number of likely N-dealkylation sites (tertiary alicyclic amines) is 1. The molecule has 3 N–H and O–H groups in total. The van der Waals surface area contributed by atoms with E-state index in [9.17, 15) is 23.1 Å². The van der Waals surface area contributed by atoms with Crippen LogP contribution in [-0.4, -0.2) is 74.0 Å². The third-order valence-corrected chi connectivity index (χ3v) is 8.80. The molecule has 8 nitrogen and oxygen atoms in total. The Hall–Kier alpha value is -1.80. The molecule has 2 aromatic carbocycles. The monoisotopic (exact) mass is 555 g/mol. The van der Waals surface area contributed by atoms with E-state index in [1.54, 1.807) is 24.3 Å². The van der Waals surface area contributed by atoms with Crippen LogP contribution in [0.3, 0.4) is 0 Å². The van der Waals surface area contributed by atoms with Gasteiger partial charge in [0.2, 0.25) is 10.0 Å². The molecule has 1 amide bonds. The van der Waals surface area contributed by atoms with Crippen molar-refractivity contribution >= 4 is 33.7 Å². The number of rotatable bonds is 13. The van der Waals surface area contributed by atoms with E-state index < -0.39 is 27.9 Å². The summed E-state index contributed by atoms with van der Waals surface area (Å²) in [7, 11) is -3.80. The summed E-state index contributed by atoms with van der Waals surface area (Å²) in [5, 5.41) is 12.1. The number of sulfonamides is 1. The van der Waals surface area contributed by atoms with Crippen molar-refractivity contribution in [1.82, 2.24) is 14.9 Å². The second-order valence-corrected chi connectivity index (χ2v) is 12.1. The minimum atomic E-state index is -3.80. The molecular weight excluding hydrogens is 517 g/mol. The van der Waals surface area contributed by atoms with Gasteiger partial charge in [-0.15, -0.1) is 0 Å². The molecule has 0 aromatic heterocycles. The number of carboxylic acid groups (broad SMARTS) is 1. The zero-order valence-electron chi connectivity index (χ0n) is 23.5. The van der Waals surface area contributed by atoms with Crippen molar-refractivity contribution in [3.05, 3.63) is 54.1 Å². The Labute approximate surface area is 244 Å². The molecule has 1 saturated heterocycles. The average Bonchev–Trinajstić information content (AvgIpc) is 2.89. The molecule has 11 heteroatoms. The summed E-state index contributed by atoms with van der Waals surface area (Å²) in [4.78, 5) is 27.2. The topological polar surface area (TPSA) is 116 Å². The molecule has 204 valence electrons. The van der Waals surface area contributed by atoms with Crippen molar-refractivity contribution in [2.24, 2.45) is 0 Å². The molecular formula is C27H38LiN3O5S2. The third-order valence-electron chi connectivity index (χ3n) is 6.70. The Bertz CT molecular complexity index is 1170. The van der Waals surface area contributed by atoms with Crippen LogP contribution in [0.4, 0.5) is 0 Å². The van der Waals surface area contributed by atoms with Crippen molar-refractivity contribution < 1.29 is 43.4 Å². The fourth-order valence-corrected chi connectivity index (χ4v) is 6.11. The molecule has 1 aliphatic rings. The van der Waals surface area contributed by atoms with Crippen molar-refractivity contribution in [2.75, 3.05) is 31.6 Å². The quantitative estimate of drug-likeness (QED) is 0.249. The van der Waals surface area contributed by atoms with Gasteiger partial charge in [0.15, 0.2) is 0 Å². The van der Waals surface area contributed by atoms with Gasteiger partial charge in [-0.1, -0.05) is 36.8 Å². The van der Waals surface area contributed by atoms with Crippen molar-refractivity contribution in [1.29, 1.82) is 0 Å². The number of hydrogen-bond donors (Lipinski definition) is 3. The second kappa shape index (κ2) is 15.7. The van der Waals surface area contributed by atoms with E-state index in [-0.39, 0.29) is 37.2 Å². The normalized spacial score (nSPS) is 16.8. The maximum Gasteiger partial charge on any atom is 1.00 e. The van der Waals surface area contributed by atoms with Crippen molar-refractivity contribution in [2.45, 2.75) is 56.0 Å². The van der Waals surface area contributed by atoms with E-state index in [1.807, 2.05) is 12.3 Å². The molecule has 2 aromatic rings. The SMILES string of the molecule is CSCCC(NC(=O)c1ccc(S(=O)(=O)NCCCN2CCCCC2C)cc1-c1ccccc1)C(=O)O.[H-].[Li+]. The number of benzene rings is 2. The van der Waals surface area contributed by atoms with Crippen molar-refractivity contribution in [3.8, 4) is 11.1 Å². The summed E-state index contributed by atoms with van der Waals surface area (Å²) in [6.07, 6.45) is 6.48. The molecule has 1 fully saturated rings. The molecule has 1 aliphatic heterocycles. The third kappa shape index (κ3) is 9.14. The fraction of sp³-hybridized carbons (Fsp3) is 0.481. The number of nitrogens with one attached hydrogen (secondary N) is 2. The molecule has 0 spiro atoms. The van der Waals surface area contributed by atoms with E-state index in [4.69, 9.17) is 0 Å². The van der Waals surface area contributed by atoms with Gasteiger partial charge in [-0.2, -0.15) is 11.8 Å². The smallest absolute Gasteiger partial charge is 1.00 e. The predicted molar refractivity (Wildman–Crippen MR) is 150 cm³/mol. The first kappa shape index (κ1) is 32.4. The first-order valence-electron chi connectivity index (χ1n) is 12.7. The van der Waals surface area contributed by atoms with Gasteiger partial charge >= 0.3 is 24.8 Å².